The Hall–Kier alpha value is -3.12. The number of amides is 2. The lowest BCUT2D eigenvalue weighted by molar-refractivity contribution is -0.138. The van der Waals surface area contributed by atoms with E-state index in [1.165, 1.54) is 18.2 Å². The van der Waals surface area contributed by atoms with Crippen LogP contribution in [0.3, 0.4) is 0 Å². The van der Waals surface area contributed by atoms with E-state index in [4.69, 9.17) is 16.7 Å². The summed E-state index contributed by atoms with van der Waals surface area (Å²) >= 11 is 6.03. The molecule has 0 radical (unpaired) electrons. The van der Waals surface area contributed by atoms with Crippen molar-refractivity contribution in [2.45, 2.75) is 6.54 Å². The number of carbonyl (C=O) groups excluding carboxylic acids is 2. The Bertz CT molecular complexity index is 893. The van der Waals surface area contributed by atoms with E-state index >= 15 is 0 Å². The molecule has 126 valence electrons. The first-order chi connectivity index (χ1) is 12.0. The smallest absolute Gasteiger partial charge is 0.335 e. The van der Waals surface area contributed by atoms with E-state index in [1.54, 1.807) is 18.2 Å². The minimum atomic E-state index is -1.09. The van der Waals surface area contributed by atoms with E-state index in [1.807, 2.05) is 18.2 Å². The second-order valence-corrected chi connectivity index (χ2v) is 5.76. The molecule has 25 heavy (non-hydrogen) atoms. The molecule has 1 heterocycles. The second-order valence-electron chi connectivity index (χ2n) is 5.38. The number of aromatic carboxylic acids is 1. The number of nitrogens with one attached hydrogen (secondary N) is 1. The predicted molar refractivity (Wildman–Crippen MR) is 91.9 cm³/mol. The van der Waals surface area contributed by atoms with Crippen molar-refractivity contribution in [2.24, 2.45) is 0 Å². The van der Waals surface area contributed by atoms with Crippen LogP contribution in [0.4, 0.5) is 5.69 Å². The summed E-state index contributed by atoms with van der Waals surface area (Å²) in [6.07, 6.45) is 0. The van der Waals surface area contributed by atoms with Crippen LogP contribution in [0.1, 0.15) is 15.9 Å². The lowest BCUT2D eigenvalue weighted by Gasteiger charge is -2.15. The summed E-state index contributed by atoms with van der Waals surface area (Å²) in [5.74, 6) is -2.24. The highest BCUT2D eigenvalue weighted by atomic mass is 35.5. The molecule has 0 bridgehead atoms. The van der Waals surface area contributed by atoms with E-state index in [0.717, 1.165) is 10.5 Å². The van der Waals surface area contributed by atoms with Crippen molar-refractivity contribution < 1.29 is 19.5 Å². The van der Waals surface area contributed by atoms with Gasteiger partial charge in [0.2, 0.25) is 0 Å². The standard InChI is InChI=1S/C18H13ClN2O4/c19-14-15(20-13-8-4-7-12(9-13)18(24)25)17(23)21(16(14)22)10-11-5-2-1-3-6-11/h1-9,20H,10H2,(H,24,25). The van der Waals surface area contributed by atoms with E-state index in [-0.39, 0.29) is 22.8 Å². The fourth-order valence-electron chi connectivity index (χ4n) is 2.44. The lowest BCUT2D eigenvalue weighted by Crippen LogP contribution is -2.31. The topological polar surface area (TPSA) is 86.7 Å². The van der Waals surface area contributed by atoms with Gasteiger partial charge in [-0.1, -0.05) is 48.0 Å². The van der Waals surface area contributed by atoms with Gasteiger partial charge in [-0.2, -0.15) is 0 Å². The van der Waals surface area contributed by atoms with Gasteiger partial charge in [0.25, 0.3) is 11.8 Å². The quantitative estimate of drug-likeness (QED) is 0.804. The zero-order valence-electron chi connectivity index (χ0n) is 12.9. The van der Waals surface area contributed by atoms with Crippen molar-refractivity contribution in [1.29, 1.82) is 0 Å². The van der Waals surface area contributed by atoms with Gasteiger partial charge < -0.3 is 10.4 Å². The molecule has 0 saturated carbocycles. The van der Waals surface area contributed by atoms with Crippen LogP contribution in [0.2, 0.25) is 0 Å². The van der Waals surface area contributed by atoms with Gasteiger partial charge in [0.1, 0.15) is 10.7 Å². The van der Waals surface area contributed by atoms with E-state index in [0.29, 0.717) is 5.69 Å². The Morgan fingerprint density at radius 3 is 2.44 bits per heavy atom. The molecule has 6 nitrogen and oxygen atoms in total. The summed E-state index contributed by atoms with van der Waals surface area (Å²) in [6, 6.07) is 15.0. The van der Waals surface area contributed by atoms with Crippen LogP contribution in [0.25, 0.3) is 0 Å². The summed E-state index contributed by atoms with van der Waals surface area (Å²) < 4.78 is 0. The molecule has 2 amide bonds. The van der Waals surface area contributed by atoms with Gasteiger partial charge in [-0.3, -0.25) is 14.5 Å². The maximum absolute atomic E-state index is 12.5. The summed E-state index contributed by atoms with van der Waals surface area (Å²) in [5.41, 5.74) is 1.14. The van der Waals surface area contributed by atoms with E-state index in [9.17, 15) is 14.4 Å². The highest BCUT2D eigenvalue weighted by Crippen LogP contribution is 2.27. The van der Waals surface area contributed by atoms with Crippen LogP contribution in [-0.2, 0) is 16.1 Å². The predicted octanol–water partition coefficient (Wildman–Crippen LogP) is 2.82. The van der Waals surface area contributed by atoms with Crippen LogP contribution in [0, 0.1) is 0 Å². The molecule has 2 N–H and O–H groups in total. The fourth-order valence-corrected chi connectivity index (χ4v) is 2.67. The third-order valence-electron chi connectivity index (χ3n) is 3.67. The maximum Gasteiger partial charge on any atom is 0.335 e. The molecule has 0 atom stereocenters. The van der Waals surface area contributed by atoms with Gasteiger partial charge in [0, 0.05) is 5.69 Å². The number of carbonyl (C=O) groups is 3. The van der Waals surface area contributed by atoms with Crippen LogP contribution in [0.15, 0.2) is 65.3 Å². The number of imide groups is 1. The zero-order chi connectivity index (χ0) is 18.0. The molecule has 0 aromatic heterocycles. The molecule has 0 unspecified atom stereocenters. The zero-order valence-corrected chi connectivity index (χ0v) is 13.7. The van der Waals surface area contributed by atoms with Crippen LogP contribution in [0.5, 0.6) is 0 Å². The van der Waals surface area contributed by atoms with E-state index < -0.39 is 17.8 Å². The van der Waals surface area contributed by atoms with Crippen molar-refractivity contribution in [3.05, 3.63) is 76.5 Å². The Balaban J connectivity index is 1.82. The van der Waals surface area contributed by atoms with Gasteiger partial charge in [0.05, 0.1) is 12.1 Å². The van der Waals surface area contributed by atoms with Gasteiger partial charge in [-0.15, -0.1) is 0 Å². The van der Waals surface area contributed by atoms with Crippen LogP contribution >= 0.6 is 11.6 Å². The van der Waals surface area contributed by atoms with Crippen molar-refractivity contribution in [2.75, 3.05) is 5.32 Å². The number of carboxylic acid groups (broad SMARTS) is 1. The average Bonchev–Trinajstić information content (AvgIpc) is 2.81. The number of nitrogens with zero attached hydrogens (tertiary/aromatic N) is 1. The lowest BCUT2D eigenvalue weighted by atomic mass is 10.2. The van der Waals surface area contributed by atoms with Gasteiger partial charge in [-0.05, 0) is 23.8 Å². The Kier molecular flexibility index (Phi) is 4.54. The summed E-state index contributed by atoms with van der Waals surface area (Å²) in [4.78, 5) is 36.9. The number of rotatable bonds is 5. The van der Waals surface area contributed by atoms with Crippen LogP contribution in [-0.4, -0.2) is 27.8 Å². The third kappa shape index (κ3) is 3.39. The molecular weight excluding hydrogens is 344 g/mol. The van der Waals surface area contributed by atoms with Crippen molar-refractivity contribution >= 4 is 35.1 Å². The minimum Gasteiger partial charge on any atom is -0.478 e. The molecule has 0 spiro atoms. The molecule has 2 aromatic carbocycles. The number of carboxylic acids is 1. The normalized spacial score (nSPS) is 14.2. The Morgan fingerprint density at radius 1 is 1.04 bits per heavy atom. The Labute approximate surface area is 148 Å². The summed E-state index contributed by atoms with van der Waals surface area (Å²) in [5, 5.41) is 11.6. The van der Waals surface area contributed by atoms with Crippen molar-refractivity contribution in [3.8, 4) is 0 Å². The molecular formula is C18H13ClN2O4. The first kappa shape index (κ1) is 16.7. The number of anilines is 1. The SMILES string of the molecule is O=C(O)c1cccc(NC2=C(Cl)C(=O)N(Cc3ccccc3)C2=O)c1. The highest BCUT2D eigenvalue weighted by molar-refractivity contribution is 6.48. The molecule has 2 aromatic rings. The highest BCUT2D eigenvalue weighted by Gasteiger charge is 2.37. The number of halogens is 1. The first-order valence-corrected chi connectivity index (χ1v) is 7.75. The first-order valence-electron chi connectivity index (χ1n) is 7.37. The molecule has 1 aliphatic rings. The monoisotopic (exact) mass is 356 g/mol. The van der Waals surface area contributed by atoms with E-state index in [2.05, 4.69) is 5.32 Å². The fraction of sp³-hybridized carbons (Fsp3) is 0.0556. The maximum atomic E-state index is 12.5. The van der Waals surface area contributed by atoms with Crippen LogP contribution < -0.4 is 5.32 Å². The average molecular weight is 357 g/mol. The van der Waals surface area contributed by atoms with Gasteiger partial charge in [-0.25, -0.2) is 4.79 Å². The van der Waals surface area contributed by atoms with Crippen molar-refractivity contribution in [3.63, 3.8) is 0 Å². The largest absolute Gasteiger partial charge is 0.478 e. The Morgan fingerprint density at radius 2 is 1.76 bits per heavy atom. The van der Waals surface area contributed by atoms with Gasteiger partial charge in [0.15, 0.2) is 0 Å². The number of hydrogen-bond acceptors (Lipinski definition) is 4. The third-order valence-corrected chi connectivity index (χ3v) is 4.02. The summed E-state index contributed by atoms with van der Waals surface area (Å²) in [6.45, 7) is 0.106. The van der Waals surface area contributed by atoms with Gasteiger partial charge >= 0.3 is 5.97 Å². The molecule has 7 heteroatoms. The second kappa shape index (κ2) is 6.78. The minimum absolute atomic E-state index is 0.0552. The molecule has 0 saturated heterocycles. The number of benzene rings is 2. The number of hydrogen-bond donors (Lipinski definition) is 2. The molecule has 1 aliphatic heterocycles. The molecule has 3 rings (SSSR count). The molecule has 0 aliphatic carbocycles. The van der Waals surface area contributed by atoms with Crippen molar-refractivity contribution in [1.82, 2.24) is 4.90 Å². The summed E-state index contributed by atoms with van der Waals surface area (Å²) in [7, 11) is 0. The molecule has 0 fully saturated rings.